The van der Waals surface area contributed by atoms with Gasteiger partial charge in [-0.15, -0.1) is 11.3 Å². The Kier molecular flexibility index (Phi) is 2.29. The van der Waals surface area contributed by atoms with E-state index in [4.69, 9.17) is 5.73 Å². The predicted octanol–water partition coefficient (Wildman–Crippen LogP) is 2.23. The maximum Gasteiger partial charge on any atom is 0.181 e. The van der Waals surface area contributed by atoms with Gasteiger partial charge in [-0.2, -0.15) is 0 Å². The average molecular weight is 245 g/mol. The lowest BCUT2D eigenvalue weighted by molar-refractivity contribution is 1.18. The van der Waals surface area contributed by atoms with Crippen LogP contribution in [0.25, 0.3) is 22.6 Å². The van der Waals surface area contributed by atoms with Gasteiger partial charge in [0.2, 0.25) is 0 Å². The third-order valence-electron chi connectivity index (χ3n) is 2.58. The normalized spacial score (nSPS) is 11.1. The first kappa shape index (κ1) is 10.2. The van der Waals surface area contributed by atoms with E-state index in [9.17, 15) is 0 Å². The summed E-state index contributed by atoms with van der Waals surface area (Å²) in [6, 6.07) is 2.07. The maximum absolute atomic E-state index is 5.99. The molecule has 0 saturated carbocycles. The number of nitrogens with zero attached hydrogens (tertiary/aromatic N) is 3. The second kappa shape index (κ2) is 3.81. The first-order valence-electron chi connectivity index (χ1n) is 5.32. The number of H-pyrrole nitrogens is 1. The number of imidazole rings is 1. The van der Waals surface area contributed by atoms with Crippen molar-refractivity contribution in [3.8, 4) is 11.4 Å². The Hall–Kier alpha value is -1.95. The van der Waals surface area contributed by atoms with Crippen LogP contribution in [-0.4, -0.2) is 19.9 Å². The lowest BCUT2D eigenvalue weighted by Gasteiger charge is -1.91. The van der Waals surface area contributed by atoms with Gasteiger partial charge in [0.15, 0.2) is 5.65 Å². The second-order valence-corrected chi connectivity index (χ2v) is 4.86. The fourth-order valence-corrected chi connectivity index (χ4v) is 2.58. The van der Waals surface area contributed by atoms with Crippen molar-refractivity contribution in [1.29, 1.82) is 0 Å². The van der Waals surface area contributed by atoms with Crippen molar-refractivity contribution in [3.63, 3.8) is 0 Å². The van der Waals surface area contributed by atoms with Crippen molar-refractivity contribution >= 4 is 27.5 Å². The summed E-state index contributed by atoms with van der Waals surface area (Å²) in [5, 5.41) is 0.786. The zero-order chi connectivity index (χ0) is 11.8. The summed E-state index contributed by atoms with van der Waals surface area (Å²) < 4.78 is 0. The number of thiophene rings is 1. The van der Waals surface area contributed by atoms with Gasteiger partial charge in [-0.3, -0.25) is 0 Å². The summed E-state index contributed by atoms with van der Waals surface area (Å²) in [6.45, 7) is 2.11. The number of nitrogen functional groups attached to an aromatic ring is 1. The molecule has 0 spiro atoms. The molecule has 0 aliphatic carbocycles. The molecule has 0 aromatic carbocycles. The molecule has 0 unspecified atom stereocenters. The fourth-order valence-electron chi connectivity index (χ4n) is 1.71. The highest BCUT2D eigenvalue weighted by molar-refractivity contribution is 7.16. The number of nitrogens with two attached hydrogens (primary N) is 1. The quantitative estimate of drug-likeness (QED) is 0.725. The molecule has 0 atom stereocenters. The van der Waals surface area contributed by atoms with Gasteiger partial charge in [0.1, 0.15) is 17.7 Å². The minimum Gasteiger partial charge on any atom is -0.390 e. The largest absolute Gasteiger partial charge is 0.390 e. The van der Waals surface area contributed by atoms with Gasteiger partial charge in [0, 0.05) is 4.88 Å². The molecule has 17 heavy (non-hydrogen) atoms. The number of aromatic nitrogens is 4. The molecule has 0 radical (unpaired) electrons. The van der Waals surface area contributed by atoms with Crippen molar-refractivity contribution in [2.45, 2.75) is 13.3 Å². The molecule has 5 nitrogen and oxygen atoms in total. The molecule has 0 amide bonds. The van der Waals surface area contributed by atoms with Crippen LogP contribution in [0, 0.1) is 0 Å². The molecule has 3 N–H and O–H groups in total. The molecule has 3 heterocycles. The molecule has 3 aromatic rings. The number of hydrogen-bond donors (Lipinski definition) is 2. The summed E-state index contributed by atoms with van der Waals surface area (Å²) in [7, 11) is 0. The maximum atomic E-state index is 5.99. The van der Waals surface area contributed by atoms with Crippen LogP contribution in [0.1, 0.15) is 11.8 Å². The van der Waals surface area contributed by atoms with Gasteiger partial charge < -0.3 is 10.7 Å². The number of aryl methyl sites for hydroxylation is 1. The Labute approximate surface area is 102 Å². The molecular weight excluding hydrogens is 234 g/mol. The van der Waals surface area contributed by atoms with Crippen LogP contribution < -0.4 is 5.73 Å². The Balaban J connectivity index is 2.16. The highest BCUT2D eigenvalue weighted by Gasteiger charge is 2.12. The molecule has 0 aliphatic heterocycles. The first-order chi connectivity index (χ1) is 8.28. The van der Waals surface area contributed by atoms with Crippen LogP contribution in [0.4, 0.5) is 5.00 Å². The van der Waals surface area contributed by atoms with Gasteiger partial charge in [0.25, 0.3) is 0 Å². The summed E-state index contributed by atoms with van der Waals surface area (Å²) in [5.41, 5.74) is 8.43. The topological polar surface area (TPSA) is 80.5 Å². The lowest BCUT2D eigenvalue weighted by atomic mass is 10.2. The SMILES string of the molecule is CCc1cc(-c2nc3ncncc3[nH]2)c(N)s1. The molecule has 0 saturated heterocycles. The van der Waals surface area contributed by atoms with Crippen LogP contribution in [0.15, 0.2) is 18.6 Å². The molecular formula is C11H11N5S. The number of aromatic amines is 1. The molecule has 86 valence electrons. The highest BCUT2D eigenvalue weighted by Crippen LogP contribution is 2.33. The second-order valence-electron chi connectivity index (χ2n) is 3.69. The van der Waals surface area contributed by atoms with E-state index in [1.54, 1.807) is 17.5 Å². The van der Waals surface area contributed by atoms with Crippen LogP contribution in [-0.2, 0) is 6.42 Å². The average Bonchev–Trinajstić information content (AvgIpc) is 2.91. The molecule has 0 fully saturated rings. The summed E-state index contributed by atoms with van der Waals surface area (Å²) in [5.74, 6) is 0.758. The van der Waals surface area contributed by atoms with Crippen molar-refractivity contribution in [2.24, 2.45) is 0 Å². The third kappa shape index (κ3) is 1.66. The fraction of sp³-hybridized carbons (Fsp3) is 0.182. The first-order valence-corrected chi connectivity index (χ1v) is 6.14. The van der Waals surface area contributed by atoms with Crippen molar-refractivity contribution in [2.75, 3.05) is 5.73 Å². The molecule has 3 aromatic heterocycles. The minimum absolute atomic E-state index is 0.665. The Morgan fingerprint density at radius 1 is 1.47 bits per heavy atom. The van der Waals surface area contributed by atoms with Crippen molar-refractivity contribution in [1.82, 2.24) is 19.9 Å². The van der Waals surface area contributed by atoms with E-state index in [0.717, 1.165) is 28.3 Å². The highest BCUT2D eigenvalue weighted by atomic mass is 32.1. The van der Waals surface area contributed by atoms with E-state index in [2.05, 4.69) is 32.9 Å². The Morgan fingerprint density at radius 3 is 3.06 bits per heavy atom. The van der Waals surface area contributed by atoms with Crippen molar-refractivity contribution in [3.05, 3.63) is 23.5 Å². The number of rotatable bonds is 2. The van der Waals surface area contributed by atoms with Gasteiger partial charge >= 0.3 is 0 Å². The summed E-state index contributed by atoms with van der Waals surface area (Å²) in [6.07, 6.45) is 4.18. The number of fused-ring (bicyclic) bond motifs is 1. The summed E-state index contributed by atoms with van der Waals surface area (Å²) >= 11 is 1.60. The smallest absolute Gasteiger partial charge is 0.181 e. The van der Waals surface area contributed by atoms with E-state index in [-0.39, 0.29) is 0 Å². The standard InChI is InChI=1S/C11H11N5S/c1-2-6-3-7(9(12)17-6)10-15-8-4-13-5-14-11(8)16-10/h3-5H,2,12H2,1H3,(H,13,14,15,16). The van der Waals surface area contributed by atoms with Crippen molar-refractivity contribution < 1.29 is 0 Å². The van der Waals surface area contributed by atoms with Gasteiger partial charge in [-0.05, 0) is 12.5 Å². The van der Waals surface area contributed by atoms with Gasteiger partial charge in [-0.1, -0.05) is 6.92 Å². The third-order valence-corrected chi connectivity index (χ3v) is 3.69. The van der Waals surface area contributed by atoms with E-state index < -0.39 is 0 Å². The number of hydrogen-bond acceptors (Lipinski definition) is 5. The predicted molar refractivity (Wildman–Crippen MR) is 68.8 cm³/mol. The Bertz CT molecular complexity index is 636. The Morgan fingerprint density at radius 2 is 2.35 bits per heavy atom. The monoisotopic (exact) mass is 245 g/mol. The van der Waals surface area contributed by atoms with Crippen LogP contribution in [0.2, 0.25) is 0 Å². The van der Waals surface area contributed by atoms with E-state index in [1.165, 1.54) is 11.2 Å². The molecule has 3 rings (SSSR count). The zero-order valence-corrected chi connectivity index (χ0v) is 10.1. The van der Waals surface area contributed by atoms with Crippen LogP contribution in [0.5, 0.6) is 0 Å². The van der Waals surface area contributed by atoms with Gasteiger partial charge in [-0.25, -0.2) is 15.0 Å². The van der Waals surface area contributed by atoms with Crippen LogP contribution in [0.3, 0.4) is 0 Å². The summed E-state index contributed by atoms with van der Waals surface area (Å²) in [4.78, 5) is 16.9. The lowest BCUT2D eigenvalue weighted by Crippen LogP contribution is -1.84. The van der Waals surface area contributed by atoms with E-state index in [1.807, 2.05) is 0 Å². The molecule has 6 heteroatoms. The number of nitrogens with one attached hydrogen (secondary N) is 1. The van der Waals surface area contributed by atoms with Crippen LogP contribution >= 0.6 is 11.3 Å². The van der Waals surface area contributed by atoms with Gasteiger partial charge in [0.05, 0.1) is 16.8 Å². The molecule has 0 bridgehead atoms. The zero-order valence-electron chi connectivity index (χ0n) is 9.27. The van der Waals surface area contributed by atoms with E-state index >= 15 is 0 Å². The number of anilines is 1. The van der Waals surface area contributed by atoms with E-state index in [0.29, 0.717) is 5.65 Å². The molecule has 0 aliphatic rings. The minimum atomic E-state index is 0.665.